The molecule has 4 nitrogen and oxygen atoms in total. The molecule has 4 heteroatoms. The van der Waals surface area contributed by atoms with Crippen LogP contribution in [0.5, 0.6) is 0 Å². The smallest absolute Gasteiger partial charge is 0.327 e. The molecular weight excluding hydrogens is 158 g/mol. The van der Waals surface area contributed by atoms with E-state index in [9.17, 15) is 10.0 Å². The van der Waals surface area contributed by atoms with Crippen molar-refractivity contribution in [2.45, 2.75) is 44.8 Å². The summed E-state index contributed by atoms with van der Waals surface area (Å²) in [7, 11) is 0. The molecule has 0 bridgehead atoms. The molecule has 70 valence electrons. The van der Waals surface area contributed by atoms with Gasteiger partial charge in [0.2, 0.25) is 0 Å². The third-order valence-corrected chi connectivity index (χ3v) is 2.24. The van der Waals surface area contributed by atoms with Crippen LogP contribution < -0.4 is 0 Å². The van der Waals surface area contributed by atoms with Crippen LogP contribution in [0.2, 0.25) is 0 Å². The molecule has 1 aliphatic rings. The van der Waals surface area contributed by atoms with E-state index in [1.54, 1.807) is 6.92 Å². The van der Waals surface area contributed by atoms with Gasteiger partial charge in [-0.1, -0.05) is 6.42 Å². The van der Waals surface area contributed by atoms with Gasteiger partial charge in [-0.2, -0.15) is 0 Å². The normalized spacial score (nSPS) is 21.8. The summed E-state index contributed by atoms with van der Waals surface area (Å²) < 4.78 is 0. The lowest BCUT2D eigenvalue weighted by Gasteiger charge is -2.20. The highest BCUT2D eigenvalue weighted by molar-refractivity contribution is 4.69. The summed E-state index contributed by atoms with van der Waals surface area (Å²) in [6, 6.07) is 0. The third-order valence-electron chi connectivity index (χ3n) is 2.24. The van der Waals surface area contributed by atoms with Crippen molar-refractivity contribution < 1.29 is 14.9 Å². The monoisotopic (exact) mass is 174 g/mol. The molecule has 12 heavy (non-hydrogen) atoms. The predicted octanol–water partition coefficient (Wildman–Crippen LogP) is 1.37. The molecule has 0 aliphatic heterocycles. The zero-order valence-corrected chi connectivity index (χ0v) is 7.45. The SMILES string of the molecule is CCO[N+](=O)C1(O)CCCCC1. The Morgan fingerprint density at radius 2 is 2.00 bits per heavy atom. The van der Waals surface area contributed by atoms with Gasteiger partial charge in [-0.25, -0.2) is 4.84 Å². The molecule has 0 saturated heterocycles. The van der Waals surface area contributed by atoms with Crippen LogP contribution in [-0.4, -0.2) is 22.4 Å². The second kappa shape index (κ2) is 3.85. The van der Waals surface area contributed by atoms with Gasteiger partial charge in [-0.3, -0.25) is 0 Å². The van der Waals surface area contributed by atoms with Gasteiger partial charge in [0.1, 0.15) is 0 Å². The highest BCUT2D eigenvalue weighted by atomic mass is 16.8. The van der Waals surface area contributed by atoms with Crippen LogP contribution in [-0.2, 0) is 4.84 Å². The molecule has 1 rings (SSSR count). The Hall–Kier alpha value is -0.640. The summed E-state index contributed by atoms with van der Waals surface area (Å²) in [6.07, 6.45) is 3.96. The number of rotatable bonds is 3. The van der Waals surface area contributed by atoms with Crippen molar-refractivity contribution >= 4 is 0 Å². The Bertz CT molecular complexity index is 164. The minimum Gasteiger partial charge on any atom is -0.327 e. The fourth-order valence-corrected chi connectivity index (χ4v) is 1.54. The molecule has 0 aromatic carbocycles. The fourth-order valence-electron chi connectivity index (χ4n) is 1.54. The topological polar surface area (TPSA) is 49.5 Å². The molecular formula is C8H16NO3+. The van der Waals surface area contributed by atoms with Gasteiger partial charge in [-0.15, -0.1) is 0 Å². The maximum atomic E-state index is 11.2. The van der Waals surface area contributed by atoms with Crippen LogP contribution in [0, 0.1) is 4.91 Å². The summed E-state index contributed by atoms with van der Waals surface area (Å²) in [5.41, 5.74) is -1.26. The molecule has 0 spiro atoms. The van der Waals surface area contributed by atoms with Gasteiger partial charge < -0.3 is 5.11 Å². The van der Waals surface area contributed by atoms with Crippen molar-refractivity contribution in [1.29, 1.82) is 0 Å². The van der Waals surface area contributed by atoms with E-state index in [-0.39, 0.29) is 0 Å². The molecule has 0 aromatic rings. The summed E-state index contributed by atoms with van der Waals surface area (Å²) in [6.45, 7) is 2.04. The number of hydrogen-bond acceptors (Lipinski definition) is 3. The second-order valence-corrected chi connectivity index (χ2v) is 3.22. The molecule has 0 amide bonds. The van der Waals surface area contributed by atoms with E-state index in [0.29, 0.717) is 24.4 Å². The highest BCUT2D eigenvalue weighted by Crippen LogP contribution is 2.28. The zero-order valence-electron chi connectivity index (χ0n) is 7.45. The van der Waals surface area contributed by atoms with Crippen LogP contribution in [0.1, 0.15) is 39.0 Å². The van der Waals surface area contributed by atoms with Gasteiger partial charge in [-0.05, 0) is 19.8 Å². The second-order valence-electron chi connectivity index (χ2n) is 3.22. The number of hydrogen-bond donors (Lipinski definition) is 1. The van der Waals surface area contributed by atoms with Gasteiger partial charge in [0.05, 0.1) is 4.91 Å². The van der Waals surface area contributed by atoms with E-state index in [2.05, 4.69) is 0 Å². The number of aliphatic hydroxyl groups is 1. The maximum Gasteiger partial charge on any atom is 0.366 e. The molecule has 0 heterocycles. The average Bonchev–Trinajstić information content (AvgIpc) is 2.06. The van der Waals surface area contributed by atoms with E-state index >= 15 is 0 Å². The molecule has 1 fully saturated rings. The van der Waals surface area contributed by atoms with Crippen LogP contribution in [0.4, 0.5) is 0 Å². The van der Waals surface area contributed by atoms with Crippen LogP contribution in [0.15, 0.2) is 0 Å². The molecule has 1 N–H and O–H groups in total. The first-order valence-corrected chi connectivity index (χ1v) is 4.52. The van der Waals surface area contributed by atoms with Crippen LogP contribution >= 0.6 is 0 Å². The Morgan fingerprint density at radius 1 is 1.42 bits per heavy atom. The summed E-state index contributed by atoms with van der Waals surface area (Å²) >= 11 is 0. The third kappa shape index (κ3) is 1.94. The van der Waals surface area contributed by atoms with Crippen molar-refractivity contribution in [2.75, 3.05) is 6.61 Å². The first-order chi connectivity index (χ1) is 5.69. The standard InChI is InChI=1S/C8H16NO3/c1-2-12-9(11)8(10)6-4-3-5-7-8/h10H,2-7H2,1H3/q+1. The first kappa shape index (κ1) is 9.45. The van der Waals surface area contributed by atoms with Crippen molar-refractivity contribution in [3.63, 3.8) is 0 Å². The van der Waals surface area contributed by atoms with Crippen molar-refractivity contribution in [2.24, 2.45) is 0 Å². The zero-order chi connectivity index (χ0) is 9.03. The van der Waals surface area contributed by atoms with E-state index < -0.39 is 5.72 Å². The lowest BCUT2D eigenvalue weighted by atomic mass is 9.92. The lowest BCUT2D eigenvalue weighted by Crippen LogP contribution is -2.42. The van der Waals surface area contributed by atoms with E-state index in [0.717, 1.165) is 19.3 Å². The largest absolute Gasteiger partial charge is 0.366 e. The molecule has 0 unspecified atom stereocenters. The minimum atomic E-state index is -1.26. The van der Waals surface area contributed by atoms with Crippen molar-refractivity contribution in [3.05, 3.63) is 4.91 Å². The summed E-state index contributed by atoms with van der Waals surface area (Å²) in [5.74, 6) is 0. The van der Waals surface area contributed by atoms with Gasteiger partial charge >= 0.3 is 5.72 Å². The Morgan fingerprint density at radius 3 is 2.50 bits per heavy atom. The first-order valence-electron chi connectivity index (χ1n) is 4.52. The van der Waals surface area contributed by atoms with Crippen molar-refractivity contribution in [1.82, 2.24) is 0 Å². The molecule has 0 radical (unpaired) electrons. The highest BCUT2D eigenvalue weighted by Gasteiger charge is 2.47. The molecule has 1 saturated carbocycles. The number of nitrogens with zero attached hydrogens (tertiary/aromatic N) is 1. The van der Waals surface area contributed by atoms with E-state index in [4.69, 9.17) is 4.84 Å². The van der Waals surface area contributed by atoms with Gasteiger partial charge in [0, 0.05) is 12.8 Å². The summed E-state index contributed by atoms with van der Waals surface area (Å²) in [5, 5.41) is 9.76. The quantitative estimate of drug-likeness (QED) is 0.519. The van der Waals surface area contributed by atoms with Crippen LogP contribution in [0.25, 0.3) is 0 Å². The van der Waals surface area contributed by atoms with E-state index in [1.807, 2.05) is 0 Å². The van der Waals surface area contributed by atoms with Gasteiger partial charge in [0.25, 0.3) is 4.92 Å². The Balaban J connectivity index is 2.50. The van der Waals surface area contributed by atoms with E-state index in [1.165, 1.54) is 0 Å². The van der Waals surface area contributed by atoms with Crippen LogP contribution in [0.3, 0.4) is 0 Å². The Labute approximate surface area is 72.1 Å². The van der Waals surface area contributed by atoms with Crippen molar-refractivity contribution in [3.8, 4) is 0 Å². The van der Waals surface area contributed by atoms with Gasteiger partial charge in [0.15, 0.2) is 6.61 Å². The minimum absolute atomic E-state index is 0.311. The lowest BCUT2D eigenvalue weighted by molar-refractivity contribution is -0.880. The Kier molecular flexibility index (Phi) is 3.03. The molecule has 0 aromatic heterocycles. The average molecular weight is 174 g/mol. The molecule has 1 aliphatic carbocycles. The summed E-state index contributed by atoms with van der Waals surface area (Å²) in [4.78, 5) is 16.2. The predicted molar refractivity (Wildman–Crippen MR) is 43.3 cm³/mol. The maximum absolute atomic E-state index is 11.2. The molecule has 0 atom stereocenters. The fraction of sp³-hybridized carbons (Fsp3) is 1.00.